The van der Waals surface area contributed by atoms with E-state index in [1.165, 1.54) is 5.56 Å². The number of hydrogen-bond acceptors (Lipinski definition) is 4. The van der Waals surface area contributed by atoms with Crippen LogP contribution in [0.15, 0.2) is 48.7 Å². The smallest absolute Gasteiger partial charge is 0.255 e. The van der Waals surface area contributed by atoms with Crippen LogP contribution in [-0.2, 0) is 0 Å². The average molecular weight is 425 g/mol. The molecule has 0 unspecified atom stereocenters. The van der Waals surface area contributed by atoms with Gasteiger partial charge in [0.25, 0.3) is 5.91 Å². The van der Waals surface area contributed by atoms with Crippen molar-refractivity contribution in [2.24, 2.45) is 5.73 Å². The second-order valence-corrected chi connectivity index (χ2v) is 7.18. The molecule has 5 nitrogen and oxygen atoms in total. The fraction of sp³-hybridized carbons (Fsp3) is 0.429. The van der Waals surface area contributed by atoms with E-state index in [-0.39, 0.29) is 42.7 Å². The molecule has 1 amide bonds. The van der Waals surface area contributed by atoms with Gasteiger partial charge in [-0.1, -0.05) is 30.3 Å². The molecule has 0 spiro atoms. The Bertz CT molecular complexity index is 740. The molecule has 0 radical (unpaired) electrons. The highest BCUT2D eigenvalue weighted by atomic mass is 35.5. The molecule has 0 aliphatic carbocycles. The molecule has 1 aromatic heterocycles. The van der Waals surface area contributed by atoms with E-state index in [1.807, 2.05) is 35.2 Å². The number of halogens is 2. The zero-order valence-corrected chi connectivity index (χ0v) is 18.2. The number of rotatable bonds is 5. The number of amides is 1. The summed E-state index contributed by atoms with van der Waals surface area (Å²) in [5.74, 6) is 1.09. The Balaban J connectivity index is 0.00000196. The lowest BCUT2D eigenvalue weighted by molar-refractivity contribution is 0.0789. The number of pyridine rings is 1. The van der Waals surface area contributed by atoms with E-state index < -0.39 is 0 Å². The van der Waals surface area contributed by atoms with Crippen LogP contribution >= 0.6 is 24.8 Å². The van der Waals surface area contributed by atoms with E-state index in [0.717, 1.165) is 12.4 Å². The van der Waals surface area contributed by atoms with Crippen LogP contribution in [0.5, 0.6) is 0 Å². The van der Waals surface area contributed by atoms with Gasteiger partial charge in [0.1, 0.15) is 5.82 Å². The van der Waals surface area contributed by atoms with Crippen LogP contribution in [0.2, 0.25) is 0 Å². The second kappa shape index (κ2) is 10.6. The van der Waals surface area contributed by atoms with Crippen molar-refractivity contribution >= 4 is 36.5 Å². The van der Waals surface area contributed by atoms with Crippen molar-refractivity contribution in [1.29, 1.82) is 0 Å². The van der Waals surface area contributed by atoms with Gasteiger partial charge in [0, 0.05) is 43.8 Å². The minimum atomic E-state index is -0.0369. The predicted molar refractivity (Wildman–Crippen MR) is 120 cm³/mol. The molecule has 154 valence electrons. The van der Waals surface area contributed by atoms with Crippen molar-refractivity contribution in [3.63, 3.8) is 0 Å². The SMILES string of the molecule is CCN(c1ccc(C(=O)N2C[C@@H](N)[C@H](c3ccccc3)C2)cn1)C(C)C.Cl.Cl. The van der Waals surface area contributed by atoms with Crippen LogP contribution in [0.4, 0.5) is 5.82 Å². The lowest BCUT2D eigenvalue weighted by atomic mass is 9.95. The maximum Gasteiger partial charge on any atom is 0.255 e. The van der Waals surface area contributed by atoms with E-state index in [9.17, 15) is 4.79 Å². The highest BCUT2D eigenvalue weighted by Crippen LogP contribution is 2.27. The Labute approximate surface area is 180 Å². The molecule has 1 aliphatic heterocycles. The Morgan fingerprint density at radius 3 is 2.39 bits per heavy atom. The zero-order valence-electron chi connectivity index (χ0n) is 16.6. The van der Waals surface area contributed by atoms with Crippen molar-refractivity contribution in [2.75, 3.05) is 24.5 Å². The first-order chi connectivity index (χ1) is 12.5. The van der Waals surface area contributed by atoms with Crippen molar-refractivity contribution < 1.29 is 4.79 Å². The Hall–Kier alpha value is -1.82. The fourth-order valence-electron chi connectivity index (χ4n) is 3.70. The number of nitrogens with two attached hydrogens (primary N) is 1. The third kappa shape index (κ3) is 5.16. The summed E-state index contributed by atoms with van der Waals surface area (Å²) in [5, 5.41) is 0. The van der Waals surface area contributed by atoms with Gasteiger partial charge in [0.2, 0.25) is 0 Å². The number of hydrogen-bond donors (Lipinski definition) is 1. The van der Waals surface area contributed by atoms with Crippen LogP contribution in [0.3, 0.4) is 0 Å². The first kappa shape index (κ1) is 24.2. The largest absolute Gasteiger partial charge is 0.354 e. The molecule has 1 aliphatic rings. The third-order valence-electron chi connectivity index (χ3n) is 5.13. The minimum Gasteiger partial charge on any atom is -0.354 e. The Kier molecular flexibility index (Phi) is 9.21. The van der Waals surface area contributed by atoms with E-state index in [0.29, 0.717) is 24.7 Å². The number of benzene rings is 1. The predicted octanol–water partition coefficient (Wildman–Crippen LogP) is 3.73. The molecule has 2 atom stereocenters. The van der Waals surface area contributed by atoms with E-state index >= 15 is 0 Å². The first-order valence-corrected chi connectivity index (χ1v) is 9.33. The summed E-state index contributed by atoms with van der Waals surface area (Å²) in [4.78, 5) is 21.4. The van der Waals surface area contributed by atoms with Gasteiger partial charge in [-0.15, -0.1) is 24.8 Å². The summed E-state index contributed by atoms with van der Waals surface area (Å²) in [6.07, 6.45) is 1.68. The molecule has 2 N–H and O–H groups in total. The van der Waals surface area contributed by atoms with Gasteiger partial charge in [-0.2, -0.15) is 0 Å². The van der Waals surface area contributed by atoms with Gasteiger partial charge >= 0.3 is 0 Å². The maximum absolute atomic E-state index is 12.9. The Morgan fingerprint density at radius 2 is 1.86 bits per heavy atom. The standard InChI is InChI=1S/C21H28N4O.2ClH/c1-4-25(15(2)3)20-11-10-17(12-23-20)21(26)24-13-18(19(22)14-24)16-8-6-5-7-9-16;;/h5-12,15,18-19H,4,13-14,22H2,1-3H3;2*1H/t18-,19+;;/m0../s1. The summed E-state index contributed by atoms with van der Waals surface area (Å²) < 4.78 is 0. The van der Waals surface area contributed by atoms with Gasteiger partial charge in [0.05, 0.1) is 5.56 Å². The number of nitrogens with zero attached hydrogens (tertiary/aromatic N) is 3. The van der Waals surface area contributed by atoms with Crippen molar-refractivity contribution in [3.8, 4) is 0 Å². The summed E-state index contributed by atoms with van der Waals surface area (Å²) in [7, 11) is 0. The van der Waals surface area contributed by atoms with Gasteiger partial charge in [-0.05, 0) is 38.5 Å². The normalized spacial score (nSPS) is 18.4. The molecule has 2 heterocycles. The maximum atomic E-state index is 12.9. The molecular weight excluding hydrogens is 395 g/mol. The van der Waals surface area contributed by atoms with Gasteiger partial charge in [-0.3, -0.25) is 4.79 Å². The van der Waals surface area contributed by atoms with Gasteiger partial charge < -0.3 is 15.5 Å². The molecule has 0 saturated carbocycles. The summed E-state index contributed by atoms with van der Waals surface area (Å²) in [5.41, 5.74) is 8.13. The van der Waals surface area contributed by atoms with Crippen LogP contribution in [-0.4, -0.2) is 47.5 Å². The highest BCUT2D eigenvalue weighted by molar-refractivity contribution is 5.94. The third-order valence-corrected chi connectivity index (χ3v) is 5.13. The molecular formula is C21H30Cl2N4O. The topological polar surface area (TPSA) is 62.5 Å². The molecule has 0 bridgehead atoms. The van der Waals surface area contributed by atoms with E-state index in [2.05, 4.69) is 42.8 Å². The molecule has 3 rings (SSSR count). The van der Waals surface area contributed by atoms with Crippen LogP contribution in [0.1, 0.15) is 42.6 Å². The van der Waals surface area contributed by atoms with Crippen LogP contribution < -0.4 is 10.6 Å². The zero-order chi connectivity index (χ0) is 18.7. The van der Waals surface area contributed by atoms with Crippen molar-refractivity contribution in [3.05, 3.63) is 59.8 Å². The molecule has 1 aromatic carbocycles. The molecule has 2 aromatic rings. The minimum absolute atomic E-state index is 0. The lowest BCUT2D eigenvalue weighted by Gasteiger charge is -2.26. The number of aromatic nitrogens is 1. The van der Waals surface area contributed by atoms with Crippen molar-refractivity contribution in [1.82, 2.24) is 9.88 Å². The summed E-state index contributed by atoms with van der Waals surface area (Å²) in [6, 6.07) is 14.3. The second-order valence-electron chi connectivity index (χ2n) is 7.18. The number of anilines is 1. The number of likely N-dealkylation sites (tertiary alicyclic amines) is 1. The average Bonchev–Trinajstić information content (AvgIpc) is 3.04. The first-order valence-electron chi connectivity index (χ1n) is 9.33. The van der Waals surface area contributed by atoms with E-state index in [4.69, 9.17) is 5.73 Å². The molecule has 1 fully saturated rings. The van der Waals surface area contributed by atoms with Crippen LogP contribution in [0.25, 0.3) is 0 Å². The Morgan fingerprint density at radius 1 is 1.18 bits per heavy atom. The van der Waals surface area contributed by atoms with Gasteiger partial charge in [-0.25, -0.2) is 4.98 Å². The summed E-state index contributed by atoms with van der Waals surface area (Å²) in [6.45, 7) is 8.50. The molecule has 28 heavy (non-hydrogen) atoms. The monoisotopic (exact) mass is 424 g/mol. The van der Waals surface area contributed by atoms with Crippen molar-refractivity contribution in [2.45, 2.75) is 38.8 Å². The molecule has 7 heteroatoms. The van der Waals surface area contributed by atoms with E-state index in [1.54, 1.807) is 6.20 Å². The lowest BCUT2D eigenvalue weighted by Crippen LogP contribution is -2.33. The quantitative estimate of drug-likeness (QED) is 0.793. The molecule has 1 saturated heterocycles. The number of carbonyl (C=O) groups excluding carboxylic acids is 1. The number of carbonyl (C=O) groups is 1. The summed E-state index contributed by atoms with van der Waals surface area (Å²) >= 11 is 0. The van der Waals surface area contributed by atoms with Gasteiger partial charge in [0.15, 0.2) is 0 Å². The van der Waals surface area contributed by atoms with Crippen LogP contribution in [0, 0.1) is 0 Å². The fourth-order valence-corrected chi connectivity index (χ4v) is 3.70. The highest BCUT2D eigenvalue weighted by Gasteiger charge is 2.34.